The number of aromatic amines is 1. The molecule has 8 N–H and O–H groups in total. The highest BCUT2D eigenvalue weighted by Crippen LogP contribution is 2.35. The van der Waals surface area contributed by atoms with Gasteiger partial charge in [0.05, 0.1) is 12.1 Å². The molecule has 3 aromatic heterocycles. The third kappa shape index (κ3) is 3.46. The van der Waals surface area contributed by atoms with Gasteiger partial charge in [-0.15, -0.1) is 10.2 Å². The number of para-hydroxylation sites is 1. The molecule has 1 saturated heterocycles. The maximum Gasteiger partial charge on any atom is 0.280 e. The van der Waals surface area contributed by atoms with Crippen molar-refractivity contribution >= 4 is 45.5 Å². The third-order valence-corrected chi connectivity index (χ3v) is 5.30. The first-order valence-electron chi connectivity index (χ1n) is 9.84. The highest BCUT2D eigenvalue weighted by molar-refractivity contribution is 5.91. The number of anilines is 2. The Balaban J connectivity index is 1.65. The highest BCUT2D eigenvalue weighted by atomic mass is 16.6. The van der Waals surface area contributed by atoms with Gasteiger partial charge in [0.25, 0.3) is 11.5 Å². The van der Waals surface area contributed by atoms with Crippen LogP contribution >= 0.6 is 0 Å². The van der Waals surface area contributed by atoms with Crippen molar-refractivity contribution in [2.75, 3.05) is 18.1 Å². The van der Waals surface area contributed by atoms with E-state index in [4.69, 9.17) is 16.2 Å². The Morgan fingerprint density at radius 2 is 1.91 bits per heavy atom. The molecule has 0 saturated carbocycles. The fraction of sp³-hybridized carbons (Fsp3) is 0.263. The summed E-state index contributed by atoms with van der Waals surface area (Å²) in [5.41, 5.74) is 12.0. The SMILES string of the molecule is Nc1nc2c(nc(N=Nc3cc(N)c4ccccc4n3)n2[C@@H]2O[C@H](CO)[C@@H](O)[C@H]2O)c(=O)[nH]1. The predicted molar refractivity (Wildman–Crippen MR) is 116 cm³/mol. The van der Waals surface area contributed by atoms with Crippen LogP contribution in [-0.2, 0) is 4.74 Å². The zero-order chi connectivity index (χ0) is 23.3. The molecule has 1 fully saturated rings. The number of rotatable bonds is 4. The van der Waals surface area contributed by atoms with Crippen molar-refractivity contribution in [3.8, 4) is 0 Å². The van der Waals surface area contributed by atoms with Gasteiger partial charge >= 0.3 is 0 Å². The normalized spacial score (nSPS) is 23.2. The molecule has 1 aliphatic rings. The number of nitrogens with two attached hydrogens (primary N) is 2. The fourth-order valence-corrected chi connectivity index (χ4v) is 3.72. The quantitative estimate of drug-likeness (QED) is 0.224. The van der Waals surface area contributed by atoms with E-state index >= 15 is 0 Å². The largest absolute Gasteiger partial charge is 0.398 e. The topological polar surface area (TPSA) is 223 Å². The van der Waals surface area contributed by atoms with E-state index in [1.807, 2.05) is 12.1 Å². The van der Waals surface area contributed by atoms with Crippen LogP contribution in [0.15, 0.2) is 45.4 Å². The molecule has 0 aliphatic carbocycles. The second kappa shape index (κ2) is 7.86. The number of aromatic nitrogens is 5. The molecule has 4 atom stereocenters. The van der Waals surface area contributed by atoms with Gasteiger partial charge in [0, 0.05) is 17.1 Å². The van der Waals surface area contributed by atoms with Crippen molar-refractivity contribution in [3.63, 3.8) is 0 Å². The zero-order valence-corrected chi connectivity index (χ0v) is 16.9. The number of aliphatic hydroxyl groups excluding tert-OH is 3. The minimum atomic E-state index is -1.48. The number of aliphatic hydroxyl groups is 3. The smallest absolute Gasteiger partial charge is 0.280 e. The Bertz CT molecular complexity index is 1450. The van der Waals surface area contributed by atoms with Crippen molar-refractivity contribution in [1.82, 2.24) is 24.5 Å². The van der Waals surface area contributed by atoms with Crippen LogP contribution in [-0.4, -0.2) is 64.7 Å². The second-order valence-corrected chi connectivity index (χ2v) is 7.42. The maximum absolute atomic E-state index is 12.4. The van der Waals surface area contributed by atoms with E-state index in [1.165, 1.54) is 10.6 Å². The summed E-state index contributed by atoms with van der Waals surface area (Å²) in [4.78, 5) is 27.3. The third-order valence-electron chi connectivity index (χ3n) is 5.30. The lowest BCUT2D eigenvalue weighted by Crippen LogP contribution is -2.33. The van der Waals surface area contributed by atoms with Crippen molar-refractivity contribution in [3.05, 3.63) is 40.7 Å². The molecule has 4 aromatic rings. The number of fused-ring (bicyclic) bond motifs is 2. The highest BCUT2D eigenvalue weighted by Gasteiger charge is 2.45. The molecule has 14 heteroatoms. The van der Waals surface area contributed by atoms with Gasteiger partial charge in [-0.25, -0.2) is 9.97 Å². The summed E-state index contributed by atoms with van der Waals surface area (Å²) in [6, 6.07) is 8.75. The van der Waals surface area contributed by atoms with Gasteiger partial charge in [0.15, 0.2) is 23.2 Å². The van der Waals surface area contributed by atoms with E-state index in [2.05, 4.69) is 30.2 Å². The standard InChI is InChI=1S/C19H19N9O5/c20-8-5-11(22-9-4-2-1-3-7(8)9)26-27-19-23-12-15(24-18(21)25-16(12)32)28(19)17-14(31)13(30)10(6-29)33-17/h1-5,10,13-14,17,29-31H,6H2,(H2,20,22)(H3,21,24,25,32)/t10-,13-,14-,17-/m1/s1. The summed E-state index contributed by atoms with van der Waals surface area (Å²) >= 11 is 0. The first kappa shape index (κ1) is 20.9. The minimum absolute atomic E-state index is 0.0500. The van der Waals surface area contributed by atoms with Crippen LogP contribution in [0.4, 0.5) is 23.4 Å². The zero-order valence-electron chi connectivity index (χ0n) is 16.9. The summed E-state index contributed by atoms with van der Waals surface area (Å²) in [6.07, 6.45) is -5.23. The van der Waals surface area contributed by atoms with Crippen LogP contribution in [0.5, 0.6) is 0 Å². The van der Waals surface area contributed by atoms with Gasteiger partial charge in [-0.05, 0) is 6.07 Å². The Labute approximate surface area is 184 Å². The molecule has 0 spiro atoms. The number of azo groups is 1. The van der Waals surface area contributed by atoms with Gasteiger partial charge in [-0.3, -0.25) is 14.3 Å². The number of benzene rings is 1. The van der Waals surface area contributed by atoms with E-state index in [9.17, 15) is 20.1 Å². The molecular formula is C19H19N9O5. The van der Waals surface area contributed by atoms with Gasteiger partial charge in [-0.1, -0.05) is 18.2 Å². The molecule has 0 radical (unpaired) electrons. The fourth-order valence-electron chi connectivity index (χ4n) is 3.72. The molecule has 0 amide bonds. The summed E-state index contributed by atoms with van der Waals surface area (Å²) < 4.78 is 6.76. The molecule has 1 aliphatic heterocycles. The van der Waals surface area contributed by atoms with E-state index in [1.54, 1.807) is 12.1 Å². The first-order valence-corrected chi connectivity index (χ1v) is 9.84. The lowest BCUT2D eigenvalue weighted by Gasteiger charge is -2.17. The number of H-pyrrole nitrogens is 1. The predicted octanol–water partition coefficient (Wildman–Crippen LogP) is -0.141. The summed E-state index contributed by atoms with van der Waals surface area (Å²) in [7, 11) is 0. The van der Waals surface area contributed by atoms with Crippen molar-refractivity contribution in [1.29, 1.82) is 0 Å². The Hall–Kier alpha value is -3.98. The molecule has 0 bridgehead atoms. The number of ether oxygens (including phenoxy) is 1. The van der Waals surface area contributed by atoms with Crippen molar-refractivity contribution in [2.24, 2.45) is 10.2 Å². The molecule has 5 rings (SSSR count). The first-order chi connectivity index (χ1) is 15.9. The van der Waals surface area contributed by atoms with Crippen molar-refractivity contribution in [2.45, 2.75) is 24.5 Å². The number of hydrogen-bond acceptors (Lipinski definition) is 12. The van der Waals surface area contributed by atoms with Crippen LogP contribution in [0.25, 0.3) is 22.1 Å². The number of hydrogen-bond donors (Lipinski definition) is 6. The van der Waals surface area contributed by atoms with Crippen molar-refractivity contribution < 1.29 is 20.1 Å². The minimum Gasteiger partial charge on any atom is -0.398 e. The number of pyridine rings is 1. The van der Waals surface area contributed by atoms with Crippen LogP contribution in [0, 0.1) is 0 Å². The maximum atomic E-state index is 12.4. The van der Waals surface area contributed by atoms with Crippen LogP contribution in [0.2, 0.25) is 0 Å². The number of imidazole rings is 1. The molecule has 170 valence electrons. The van der Waals surface area contributed by atoms with Gasteiger partial charge in [0.1, 0.15) is 18.3 Å². The van der Waals surface area contributed by atoms with E-state index in [0.717, 1.165) is 5.39 Å². The lowest BCUT2D eigenvalue weighted by atomic mass is 10.1. The monoisotopic (exact) mass is 453 g/mol. The Morgan fingerprint density at radius 1 is 1.12 bits per heavy atom. The Kier molecular flexibility index (Phi) is 4.98. The molecule has 14 nitrogen and oxygen atoms in total. The number of nitrogens with one attached hydrogen (secondary N) is 1. The summed E-state index contributed by atoms with van der Waals surface area (Å²) in [5, 5.41) is 39.0. The molecule has 0 unspecified atom stereocenters. The van der Waals surface area contributed by atoms with Gasteiger partial charge in [0.2, 0.25) is 5.95 Å². The average Bonchev–Trinajstić information content (AvgIpc) is 3.29. The molecule has 4 heterocycles. The second-order valence-electron chi connectivity index (χ2n) is 7.42. The van der Waals surface area contributed by atoms with Crippen LogP contribution in [0.3, 0.4) is 0 Å². The lowest BCUT2D eigenvalue weighted by molar-refractivity contribution is -0.0503. The van der Waals surface area contributed by atoms with E-state index < -0.39 is 36.7 Å². The van der Waals surface area contributed by atoms with Gasteiger partial charge < -0.3 is 31.5 Å². The molecule has 33 heavy (non-hydrogen) atoms. The molecule has 1 aromatic carbocycles. The van der Waals surface area contributed by atoms with Gasteiger partial charge in [-0.2, -0.15) is 4.98 Å². The molecular weight excluding hydrogens is 434 g/mol. The van der Waals surface area contributed by atoms with E-state index in [-0.39, 0.29) is 28.9 Å². The number of nitrogens with zero attached hydrogens (tertiary/aromatic N) is 6. The van der Waals surface area contributed by atoms with E-state index in [0.29, 0.717) is 11.2 Å². The summed E-state index contributed by atoms with van der Waals surface area (Å²) in [6.45, 7) is -0.547. The Morgan fingerprint density at radius 3 is 2.67 bits per heavy atom. The average molecular weight is 453 g/mol. The van der Waals surface area contributed by atoms with Crippen LogP contribution in [0.1, 0.15) is 6.23 Å². The number of nitrogen functional groups attached to an aromatic ring is 2. The van der Waals surface area contributed by atoms with Crippen LogP contribution < -0.4 is 17.0 Å². The summed E-state index contributed by atoms with van der Waals surface area (Å²) in [5.74, 6) is -0.197.